The Morgan fingerprint density at radius 3 is 2.79 bits per heavy atom. The van der Waals surface area contributed by atoms with E-state index in [0.717, 1.165) is 68.5 Å². The van der Waals surface area contributed by atoms with Crippen LogP contribution in [-0.2, 0) is 27.4 Å². The number of anilines is 1. The monoisotopic (exact) mass is 479 g/mol. The Morgan fingerprint density at radius 1 is 1.30 bits per heavy atom. The van der Waals surface area contributed by atoms with E-state index in [1.807, 2.05) is 17.8 Å². The van der Waals surface area contributed by atoms with E-state index in [0.29, 0.717) is 26.0 Å². The van der Waals surface area contributed by atoms with Gasteiger partial charge in [0.05, 0.1) is 23.1 Å². The van der Waals surface area contributed by atoms with Crippen LogP contribution in [0.4, 0.5) is 10.1 Å². The van der Waals surface area contributed by atoms with Crippen LogP contribution in [0.15, 0.2) is 12.4 Å². The Kier molecular flexibility index (Phi) is 9.24. The van der Waals surface area contributed by atoms with Crippen molar-refractivity contribution in [1.29, 1.82) is 0 Å². The van der Waals surface area contributed by atoms with E-state index >= 15 is 0 Å². The number of piperidine rings is 1. The predicted molar refractivity (Wildman–Crippen MR) is 121 cm³/mol. The Morgan fingerprint density at radius 2 is 2.09 bits per heavy atom. The van der Waals surface area contributed by atoms with Crippen LogP contribution in [-0.4, -0.2) is 61.4 Å². The molecule has 0 unspecified atom stereocenters. The third kappa shape index (κ3) is 7.86. The fourth-order valence-corrected chi connectivity index (χ4v) is 4.31. The van der Waals surface area contributed by atoms with Gasteiger partial charge in [-0.15, -0.1) is 5.10 Å². The summed E-state index contributed by atoms with van der Waals surface area (Å²) < 4.78 is 6.93. The molecule has 1 aliphatic heterocycles. The molecular formula is C20H29N7O5S. The molecule has 3 heterocycles. The SMILES string of the molecule is CCOC(=O)C1CCN(Cc2cn(CCCCCC(=O)Nc3ncc([N+](=O)[O-])s3)nn2)CC1. The molecule has 0 spiro atoms. The van der Waals surface area contributed by atoms with E-state index in [2.05, 4.69) is 25.5 Å². The van der Waals surface area contributed by atoms with Gasteiger partial charge in [-0.05, 0) is 57.0 Å². The summed E-state index contributed by atoms with van der Waals surface area (Å²) >= 11 is 0.843. The number of amides is 1. The topological polar surface area (TPSA) is 145 Å². The second-order valence-corrected chi connectivity index (χ2v) is 8.90. The van der Waals surface area contributed by atoms with E-state index < -0.39 is 4.92 Å². The molecule has 0 aliphatic carbocycles. The number of nitrogens with zero attached hydrogens (tertiary/aromatic N) is 6. The minimum atomic E-state index is -0.531. The van der Waals surface area contributed by atoms with E-state index in [9.17, 15) is 19.7 Å². The van der Waals surface area contributed by atoms with Gasteiger partial charge in [-0.3, -0.25) is 29.3 Å². The van der Waals surface area contributed by atoms with Crippen molar-refractivity contribution in [2.75, 3.05) is 25.0 Å². The highest BCUT2D eigenvalue weighted by Gasteiger charge is 2.26. The first-order valence-electron chi connectivity index (χ1n) is 11.1. The lowest BCUT2D eigenvalue weighted by atomic mass is 9.97. The maximum absolute atomic E-state index is 11.9. The van der Waals surface area contributed by atoms with Gasteiger partial charge in [0.2, 0.25) is 5.91 Å². The van der Waals surface area contributed by atoms with Gasteiger partial charge in [-0.25, -0.2) is 4.98 Å². The molecule has 1 N–H and O–H groups in total. The minimum absolute atomic E-state index is 0.000876. The van der Waals surface area contributed by atoms with Crippen LogP contribution < -0.4 is 5.32 Å². The van der Waals surface area contributed by atoms with Crippen LogP contribution in [0.3, 0.4) is 0 Å². The highest BCUT2D eigenvalue weighted by Crippen LogP contribution is 2.25. The van der Waals surface area contributed by atoms with Crippen LogP contribution in [0, 0.1) is 16.0 Å². The van der Waals surface area contributed by atoms with Crippen molar-refractivity contribution >= 4 is 33.3 Å². The smallest absolute Gasteiger partial charge is 0.345 e. The molecule has 0 atom stereocenters. The molecule has 3 rings (SSSR count). The molecule has 0 radical (unpaired) electrons. The molecule has 13 heteroatoms. The fourth-order valence-electron chi connectivity index (χ4n) is 3.66. The van der Waals surface area contributed by atoms with Crippen LogP contribution in [0.2, 0.25) is 0 Å². The van der Waals surface area contributed by atoms with Gasteiger partial charge in [-0.2, -0.15) is 0 Å². The normalized spacial score (nSPS) is 14.8. The molecule has 180 valence electrons. The molecule has 1 amide bonds. The fraction of sp³-hybridized carbons (Fsp3) is 0.650. The molecule has 0 aromatic carbocycles. The van der Waals surface area contributed by atoms with Crippen molar-refractivity contribution in [3.63, 3.8) is 0 Å². The third-order valence-electron chi connectivity index (χ3n) is 5.39. The number of hydrogen-bond donors (Lipinski definition) is 1. The number of aromatic nitrogens is 4. The molecule has 1 aliphatic rings. The van der Waals surface area contributed by atoms with E-state index in [4.69, 9.17) is 4.74 Å². The lowest BCUT2D eigenvalue weighted by Gasteiger charge is -2.30. The van der Waals surface area contributed by atoms with Gasteiger partial charge in [-0.1, -0.05) is 11.6 Å². The first kappa shape index (κ1) is 24.7. The second-order valence-electron chi connectivity index (χ2n) is 7.90. The Bertz CT molecular complexity index is 939. The first-order chi connectivity index (χ1) is 15.9. The zero-order valence-corrected chi connectivity index (χ0v) is 19.5. The van der Waals surface area contributed by atoms with E-state index in [-0.39, 0.29) is 27.9 Å². The lowest BCUT2D eigenvalue weighted by Crippen LogP contribution is -2.36. The Labute approximate surface area is 195 Å². The predicted octanol–water partition coefficient (Wildman–Crippen LogP) is 2.62. The molecule has 1 saturated heterocycles. The van der Waals surface area contributed by atoms with E-state index in [1.54, 1.807) is 0 Å². The summed E-state index contributed by atoms with van der Waals surface area (Å²) in [7, 11) is 0. The van der Waals surface area contributed by atoms with Crippen molar-refractivity contribution in [2.24, 2.45) is 5.92 Å². The largest absolute Gasteiger partial charge is 0.466 e. The number of hydrogen-bond acceptors (Lipinski definition) is 10. The quantitative estimate of drug-likeness (QED) is 0.210. The van der Waals surface area contributed by atoms with Crippen LogP contribution >= 0.6 is 11.3 Å². The summed E-state index contributed by atoms with van der Waals surface area (Å²) in [6.45, 7) is 5.37. The minimum Gasteiger partial charge on any atom is -0.466 e. The van der Waals surface area contributed by atoms with Gasteiger partial charge in [0.25, 0.3) is 0 Å². The van der Waals surface area contributed by atoms with Gasteiger partial charge in [0.15, 0.2) is 5.13 Å². The summed E-state index contributed by atoms with van der Waals surface area (Å²) in [5.74, 6) is -0.291. The number of likely N-dealkylation sites (tertiary alicyclic amines) is 1. The highest BCUT2D eigenvalue weighted by atomic mass is 32.1. The molecule has 12 nitrogen and oxygen atoms in total. The van der Waals surface area contributed by atoms with Crippen molar-refractivity contribution in [2.45, 2.75) is 58.5 Å². The number of nitrogens with one attached hydrogen (secondary N) is 1. The Hall–Kier alpha value is -2.93. The van der Waals surface area contributed by atoms with Gasteiger partial charge in [0, 0.05) is 25.7 Å². The zero-order valence-electron chi connectivity index (χ0n) is 18.6. The molecule has 0 saturated carbocycles. The zero-order chi connectivity index (χ0) is 23.6. The first-order valence-corrected chi connectivity index (χ1v) is 11.9. The average Bonchev–Trinajstić information content (AvgIpc) is 3.44. The summed E-state index contributed by atoms with van der Waals surface area (Å²) in [4.78, 5) is 40.0. The van der Waals surface area contributed by atoms with Crippen molar-refractivity contribution in [1.82, 2.24) is 24.9 Å². The van der Waals surface area contributed by atoms with Crippen LogP contribution in [0.1, 0.15) is 51.1 Å². The number of esters is 1. The van der Waals surface area contributed by atoms with Crippen LogP contribution in [0.5, 0.6) is 0 Å². The molecule has 33 heavy (non-hydrogen) atoms. The van der Waals surface area contributed by atoms with Crippen molar-refractivity contribution in [3.05, 3.63) is 28.2 Å². The van der Waals surface area contributed by atoms with Crippen molar-refractivity contribution < 1.29 is 19.2 Å². The van der Waals surface area contributed by atoms with Gasteiger partial charge in [0.1, 0.15) is 6.20 Å². The van der Waals surface area contributed by atoms with E-state index in [1.165, 1.54) is 0 Å². The number of aryl methyl sites for hydroxylation is 1. The third-order valence-corrected chi connectivity index (χ3v) is 6.25. The highest BCUT2D eigenvalue weighted by molar-refractivity contribution is 7.18. The summed E-state index contributed by atoms with van der Waals surface area (Å²) in [6, 6.07) is 0. The summed E-state index contributed by atoms with van der Waals surface area (Å²) in [6.07, 6.45) is 7.44. The molecule has 2 aromatic heterocycles. The number of carbonyl (C=O) groups is 2. The van der Waals surface area contributed by atoms with Crippen molar-refractivity contribution in [3.8, 4) is 0 Å². The maximum atomic E-state index is 11.9. The summed E-state index contributed by atoms with van der Waals surface area (Å²) in [5, 5.41) is 21.8. The van der Waals surface area contributed by atoms with Crippen LogP contribution in [0.25, 0.3) is 0 Å². The number of nitro groups is 1. The van der Waals surface area contributed by atoms with Gasteiger partial charge < -0.3 is 10.1 Å². The molecule has 0 bridgehead atoms. The number of rotatable bonds is 12. The second kappa shape index (κ2) is 12.3. The van der Waals surface area contributed by atoms with Gasteiger partial charge >= 0.3 is 11.0 Å². The number of thiazole rings is 1. The maximum Gasteiger partial charge on any atom is 0.345 e. The number of unbranched alkanes of at least 4 members (excludes halogenated alkanes) is 2. The average molecular weight is 480 g/mol. The molecule has 1 fully saturated rings. The Balaban J connectivity index is 1.28. The molecule has 2 aromatic rings. The summed E-state index contributed by atoms with van der Waals surface area (Å²) in [5.41, 5.74) is 0.904. The number of ether oxygens (including phenoxy) is 1. The lowest BCUT2D eigenvalue weighted by molar-refractivity contribution is -0.380. The molecular weight excluding hydrogens is 450 g/mol. The number of carbonyl (C=O) groups excluding carboxylic acids is 2. The standard InChI is InChI=1S/C20H29N7O5S/c1-2-32-19(29)15-7-10-25(11-8-15)13-16-14-26(24-23-16)9-5-3-4-6-17(28)22-20-21-12-18(33-20)27(30)31/h12,14-15H,2-11,13H2,1H3,(H,21,22,28).